The van der Waals surface area contributed by atoms with E-state index < -0.39 is 11.0 Å². The van der Waals surface area contributed by atoms with E-state index in [1.165, 1.54) is 23.9 Å². The maximum absolute atomic E-state index is 13.4. The van der Waals surface area contributed by atoms with Crippen LogP contribution in [0.4, 0.5) is 5.69 Å². The number of nitro groups is 1. The highest BCUT2D eigenvalue weighted by molar-refractivity contribution is 9.10. The highest BCUT2D eigenvalue weighted by Gasteiger charge is 2.29. The topological polar surface area (TPSA) is 92.6 Å². The van der Waals surface area contributed by atoms with E-state index in [2.05, 4.69) is 21.2 Å². The van der Waals surface area contributed by atoms with Gasteiger partial charge in [0.05, 0.1) is 10.7 Å². The minimum atomic E-state index is -0.672. The van der Waals surface area contributed by atoms with E-state index in [9.17, 15) is 19.7 Å². The Balaban J connectivity index is 1.78. The second-order valence-corrected chi connectivity index (χ2v) is 9.79. The van der Waals surface area contributed by atoms with Crippen molar-refractivity contribution in [3.63, 3.8) is 0 Å². The molecule has 0 heterocycles. The Hall–Kier alpha value is -3.17. The monoisotopic (exact) mass is 555 g/mol. The molecule has 0 bridgehead atoms. The van der Waals surface area contributed by atoms with Crippen LogP contribution in [-0.4, -0.2) is 40.5 Å². The molecule has 0 aliphatic rings. The third-order valence-corrected chi connectivity index (χ3v) is 6.88. The van der Waals surface area contributed by atoms with Gasteiger partial charge in [-0.05, 0) is 28.8 Å². The van der Waals surface area contributed by atoms with Gasteiger partial charge in [-0.15, -0.1) is 11.8 Å². The first kappa shape index (κ1) is 26.4. The Bertz CT molecular complexity index is 1160. The lowest BCUT2D eigenvalue weighted by Crippen LogP contribution is -2.50. The van der Waals surface area contributed by atoms with Crippen LogP contribution in [0, 0.1) is 10.1 Å². The van der Waals surface area contributed by atoms with Crippen LogP contribution in [0.3, 0.4) is 0 Å². The van der Waals surface area contributed by atoms with Crippen LogP contribution < -0.4 is 5.32 Å². The number of hydrogen-bond donors (Lipinski definition) is 1. The molecule has 3 aromatic rings. The normalized spacial score (nSPS) is 11.5. The van der Waals surface area contributed by atoms with E-state index in [4.69, 9.17) is 0 Å². The highest BCUT2D eigenvalue weighted by atomic mass is 79.9. The van der Waals surface area contributed by atoms with Crippen molar-refractivity contribution in [3.8, 4) is 0 Å². The van der Waals surface area contributed by atoms with Crippen molar-refractivity contribution >= 4 is 45.2 Å². The molecule has 0 aliphatic heterocycles. The van der Waals surface area contributed by atoms with Crippen molar-refractivity contribution in [1.82, 2.24) is 10.2 Å². The largest absolute Gasteiger partial charge is 0.357 e. The molecule has 0 spiro atoms. The van der Waals surface area contributed by atoms with Crippen LogP contribution in [0.25, 0.3) is 0 Å². The molecule has 35 heavy (non-hydrogen) atoms. The first-order valence-corrected chi connectivity index (χ1v) is 12.9. The maximum atomic E-state index is 13.4. The lowest BCUT2D eigenvalue weighted by Gasteiger charge is -2.31. The lowest BCUT2D eigenvalue weighted by molar-refractivity contribution is -0.384. The second-order valence-electron chi connectivity index (χ2n) is 7.89. The Kier molecular flexibility index (Phi) is 9.86. The molecule has 9 heteroatoms. The van der Waals surface area contributed by atoms with Gasteiger partial charge in [-0.25, -0.2) is 0 Å². The van der Waals surface area contributed by atoms with Gasteiger partial charge in [0.15, 0.2) is 0 Å². The van der Waals surface area contributed by atoms with Gasteiger partial charge >= 0.3 is 0 Å². The SMILES string of the molecule is CNC(=O)[C@@H](Cc1ccccc1)N(Cc1cccc(Br)c1)C(=O)CSCc1ccc([N+](=O)[O-])cc1. The zero-order chi connectivity index (χ0) is 25.2. The van der Waals surface area contributed by atoms with Gasteiger partial charge in [0.2, 0.25) is 11.8 Å². The quantitative estimate of drug-likeness (QED) is 0.266. The first-order chi connectivity index (χ1) is 16.9. The summed E-state index contributed by atoms with van der Waals surface area (Å²) in [7, 11) is 1.57. The molecule has 3 aromatic carbocycles. The van der Waals surface area contributed by atoms with Gasteiger partial charge in [-0.1, -0.05) is 70.5 Å². The highest BCUT2D eigenvalue weighted by Crippen LogP contribution is 2.21. The van der Waals surface area contributed by atoms with Crippen LogP contribution in [-0.2, 0) is 28.3 Å². The number of thioether (sulfide) groups is 1. The van der Waals surface area contributed by atoms with E-state index in [1.54, 1.807) is 24.1 Å². The predicted octanol–water partition coefficient (Wildman–Crippen LogP) is 4.98. The molecular weight excluding hydrogens is 530 g/mol. The Morgan fingerprint density at radius 1 is 1.00 bits per heavy atom. The minimum Gasteiger partial charge on any atom is -0.357 e. The lowest BCUT2D eigenvalue weighted by atomic mass is 10.0. The molecule has 0 unspecified atom stereocenters. The number of amides is 2. The summed E-state index contributed by atoms with van der Waals surface area (Å²) in [6, 6.07) is 22.9. The number of benzene rings is 3. The van der Waals surface area contributed by atoms with Crippen LogP contribution in [0.2, 0.25) is 0 Å². The zero-order valence-corrected chi connectivity index (χ0v) is 21.6. The van der Waals surface area contributed by atoms with Gasteiger partial charge in [0.25, 0.3) is 5.69 Å². The van der Waals surface area contributed by atoms with Crippen molar-refractivity contribution in [2.24, 2.45) is 0 Å². The Morgan fingerprint density at radius 2 is 1.69 bits per heavy atom. The summed E-state index contributed by atoms with van der Waals surface area (Å²) in [6.07, 6.45) is 0.396. The number of likely N-dealkylation sites (N-methyl/N-ethyl adjacent to an activating group) is 1. The number of nitro benzene ring substituents is 1. The molecular formula is C26H26BrN3O4S. The third kappa shape index (κ3) is 7.93. The van der Waals surface area contributed by atoms with Gasteiger partial charge < -0.3 is 10.2 Å². The molecule has 0 saturated carbocycles. The average Bonchev–Trinajstić information content (AvgIpc) is 2.86. The summed E-state index contributed by atoms with van der Waals surface area (Å²) in [5, 5.41) is 13.6. The molecule has 0 radical (unpaired) electrons. The number of carbonyl (C=O) groups excluding carboxylic acids is 2. The van der Waals surface area contributed by atoms with E-state index in [1.807, 2.05) is 54.6 Å². The standard InChI is InChI=1S/C26H26BrN3O4S/c1-28-26(32)24(15-19-6-3-2-4-7-19)29(16-21-8-5-9-22(27)14-21)25(31)18-35-17-20-10-12-23(13-11-20)30(33)34/h2-14,24H,15-18H2,1H3,(H,28,32)/t24-/m1/s1. The van der Waals surface area contributed by atoms with E-state index >= 15 is 0 Å². The van der Waals surface area contributed by atoms with E-state index in [0.29, 0.717) is 18.7 Å². The van der Waals surface area contributed by atoms with E-state index in [0.717, 1.165) is 21.2 Å². The number of hydrogen-bond acceptors (Lipinski definition) is 5. The molecule has 0 aliphatic carbocycles. The van der Waals surface area contributed by atoms with E-state index in [-0.39, 0.29) is 23.3 Å². The second kappa shape index (κ2) is 13.1. The molecule has 3 rings (SSSR count). The number of halogens is 1. The number of nitrogens with zero attached hydrogens (tertiary/aromatic N) is 2. The summed E-state index contributed by atoms with van der Waals surface area (Å²) in [6.45, 7) is 0.293. The third-order valence-electron chi connectivity index (χ3n) is 5.40. The summed E-state index contributed by atoms with van der Waals surface area (Å²) >= 11 is 4.89. The summed E-state index contributed by atoms with van der Waals surface area (Å²) < 4.78 is 0.898. The molecule has 0 fully saturated rings. The minimum absolute atomic E-state index is 0.0318. The Labute approximate surface area is 217 Å². The van der Waals surface area contributed by atoms with Gasteiger partial charge in [0.1, 0.15) is 6.04 Å². The predicted molar refractivity (Wildman–Crippen MR) is 142 cm³/mol. The summed E-state index contributed by atoms with van der Waals surface area (Å²) in [4.78, 5) is 38.4. The van der Waals surface area contributed by atoms with Crippen molar-refractivity contribution in [2.75, 3.05) is 12.8 Å². The van der Waals surface area contributed by atoms with Crippen LogP contribution >= 0.6 is 27.7 Å². The number of non-ortho nitro benzene ring substituents is 1. The average molecular weight is 556 g/mol. The van der Waals surface area contributed by atoms with Gasteiger partial charge in [-0.3, -0.25) is 19.7 Å². The van der Waals surface area contributed by atoms with Gasteiger partial charge in [0, 0.05) is 42.4 Å². The van der Waals surface area contributed by atoms with Crippen molar-refractivity contribution in [3.05, 3.63) is 110 Å². The van der Waals surface area contributed by atoms with Crippen LogP contribution in [0.5, 0.6) is 0 Å². The summed E-state index contributed by atoms with van der Waals surface area (Å²) in [5.41, 5.74) is 2.80. The molecule has 182 valence electrons. The fraction of sp³-hybridized carbons (Fsp3) is 0.231. The van der Waals surface area contributed by atoms with Crippen molar-refractivity contribution < 1.29 is 14.5 Å². The molecule has 0 aromatic heterocycles. The van der Waals surface area contributed by atoms with Crippen LogP contribution in [0.1, 0.15) is 16.7 Å². The number of rotatable bonds is 11. The Morgan fingerprint density at radius 3 is 2.31 bits per heavy atom. The molecule has 1 atom stereocenters. The molecule has 0 saturated heterocycles. The maximum Gasteiger partial charge on any atom is 0.269 e. The fourth-order valence-electron chi connectivity index (χ4n) is 3.61. The van der Waals surface area contributed by atoms with Crippen molar-refractivity contribution in [2.45, 2.75) is 24.8 Å². The van der Waals surface area contributed by atoms with Gasteiger partial charge in [-0.2, -0.15) is 0 Å². The smallest absolute Gasteiger partial charge is 0.269 e. The number of nitrogens with one attached hydrogen (secondary N) is 1. The molecule has 1 N–H and O–H groups in total. The summed E-state index contributed by atoms with van der Waals surface area (Å²) in [5.74, 6) is 0.324. The van der Waals surface area contributed by atoms with Crippen molar-refractivity contribution in [1.29, 1.82) is 0 Å². The first-order valence-electron chi connectivity index (χ1n) is 11.0. The zero-order valence-electron chi connectivity index (χ0n) is 19.2. The van der Waals surface area contributed by atoms with Crippen LogP contribution in [0.15, 0.2) is 83.3 Å². The number of carbonyl (C=O) groups is 2. The molecule has 7 nitrogen and oxygen atoms in total. The fourth-order valence-corrected chi connectivity index (χ4v) is 4.92. The molecule has 2 amide bonds.